The van der Waals surface area contributed by atoms with Gasteiger partial charge in [-0.25, -0.2) is 4.98 Å². The van der Waals surface area contributed by atoms with Gasteiger partial charge in [-0.05, 0) is 87.7 Å². The summed E-state index contributed by atoms with van der Waals surface area (Å²) in [5.41, 5.74) is 5.46. The molecule has 0 amide bonds. The van der Waals surface area contributed by atoms with Crippen LogP contribution >= 0.6 is 18.7 Å². The molecule has 2 heterocycles. The van der Waals surface area contributed by atoms with Crippen LogP contribution in [-0.2, 0) is 17.4 Å². The molecule has 1 saturated heterocycles. The number of hydrogen-bond acceptors (Lipinski definition) is 7. The molecule has 7 nitrogen and oxygen atoms in total. The molecular weight excluding hydrogens is 505 g/mol. The van der Waals surface area contributed by atoms with Gasteiger partial charge in [0, 0.05) is 30.1 Å². The van der Waals surface area contributed by atoms with E-state index in [1.165, 1.54) is 11.1 Å². The van der Waals surface area contributed by atoms with Gasteiger partial charge in [0.1, 0.15) is 12.2 Å². The van der Waals surface area contributed by atoms with Crippen LogP contribution in [0.3, 0.4) is 0 Å². The van der Waals surface area contributed by atoms with Crippen molar-refractivity contribution in [1.82, 2.24) is 14.9 Å². The van der Waals surface area contributed by atoms with E-state index in [-0.39, 0.29) is 6.10 Å². The van der Waals surface area contributed by atoms with E-state index in [0.717, 1.165) is 67.4 Å². The molecule has 0 radical (unpaired) electrons. The fourth-order valence-corrected chi connectivity index (χ4v) is 6.76. The van der Waals surface area contributed by atoms with Crippen LogP contribution in [-0.4, -0.2) is 58.5 Å². The lowest BCUT2D eigenvalue weighted by Gasteiger charge is -2.26. The van der Waals surface area contributed by atoms with Crippen molar-refractivity contribution in [2.75, 3.05) is 37.1 Å². The first-order valence-electron chi connectivity index (χ1n) is 12.9. The second kappa shape index (κ2) is 10.7. The highest BCUT2D eigenvalue weighted by Crippen LogP contribution is 2.39. The van der Waals surface area contributed by atoms with E-state index in [9.17, 15) is 9.67 Å². The highest BCUT2D eigenvalue weighted by atomic mass is 35.5. The van der Waals surface area contributed by atoms with Crippen LogP contribution in [0.4, 0.5) is 23.1 Å². The Kier molecular flexibility index (Phi) is 7.60. The highest BCUT2D eigenvalue weighted by Gasteiger charge is 2.28. The molecule has 5 rings (SSSR count). The molecule has 1 aliphatic heterocycles. The maximum absolute atomic E-state index is 12.9. The number of aromatic nitrogens is 2. The van der Waals surface area contributed by atoms with E-state index in [0.29, 0.717) is 22.8 Å². The van der Waals surface area contributed by atoms with Crippen molar-refractivity contribution in [1.29, 1.82) is 0 Å². The fourth-order valence-electron chi connectivity index (χ4n) is 5.40. The zero-order valence-electron chi connectivity index (χ0n) is 21.7. The van der Waals surface area contributed by atoms with E-state index in [4.69, 9.17) is 11.6 Å². The number of benzene rings is 2. The van der Waals surface area contributed by atoms with E-state index >= 15 is 0 Å². The summed E-state index contributed by atoms with van der Waals surface area (Å²) in [6, 6.07) is 12.8. The zero-order valence-corrected chi connectivity index (χ0v) is 23.3. The van der Waals surface area contributed by atoms with Crippen molar-refractivity contribution < 1.29 is 9.67 Å². The molecule has 3 N–H and O–H groups in total. The van der Waals surface area contributed by atoms with E-state index in [1.54, 1.807) is 19.5 Å². The Hall–Kier alpha value is -2.44. The largest absolute Gasteiger partial charge is 0.392 e. The smallest absolute Gasteiger partial charge is 0.229 e. The molecule has 0 spiro atoms. The van der Waals surface area contributed by atoms with Crippen LogP contribution in [0, 0.1) is 6.92 Å². The SMILES string of the molecule is Cc1ccc(Nc2nc(Nc3ccc4c(c3)CC[C@H](N3CC[C@@H](O)C3)CC4)ncc2Cl)c(P(C)(C)=O)c1. The molecule has 0 saturated carbocycles. The molecular formula is C28H35ClN5O2P. The van der Waals surface area contributed by atoms with Crippen molar-refractivity contribution in [3.05, 3.63) is 64.3 Å². The van der Waals surface area contributed by atoms with Gasteiger partial charge in [0.2, 0.25) is 5.95 Å². The van der Waals surface area contributed by atoms with Crippen molar-refractivity contribution in [2.24, 2.45) is 0 Å². The van der Waals surface area contributed by atoms with Crippen molar-refractivity contribution in [3.63, 3.8) is 0 Å². The van der Waals surface area contributed by atoms with Gasteiger partial charge in [0.25, 0.3) is 0 Å². The first-order chi connectivity index (χ1) is 17.7. The number of likely N-dealkylation sites (tertiary alicyclic amines) is 1. The first-order valence-corrected chi connectivity index (χ1v) is 15.9. The molecule has 9 heteroatoms. The minimum absolute atomic E-state index is 0.175. The normalized spacial score (nSPS) is 20.4. The van der Waals surface area contributed by atoms with Crippen molar-refractivity contribution in [3.8, 4) is 0 Å². The topological polar surface area (TPSA) is 90.4 Å². The Morgan fingerprint density at radius 2 is 1.84 bits per heavy atom. The zero-order chi connectivity index (χ0) is 26.2. The Balaban J connectivity index is 1.32. The van der Waals surface area contributed by atoms with Crippen molar-refractivity contribution in [2.45, 2.75) is 51.2 Å². The number of aliphatic hydroxyl groups is 1. The lowest BCUT2D eigenvalue weighted by molar-refractivity contribution is 0.153. The number of nitrogens with one attached hydrogen (secondary N) is 2. The highest BCUT2D eigenvalue weighted by molar-refractivity contribution is 7.70. The lowest BCUT2D eigenvalue weighted by Crippen LogP contribution is -2.34. The molecule has 2 atom stereocenters. The predicted octanol–water partition coefficient (Wildman–Crippen LogP) is 5.49. The Bertz CT molecular complexity index is 1340. The summed E-state index contributed by atoms with van der Waals surface area (Å²) in [6.45, 7) is 7.31. The average Bonchev–Trinajstić information content (AvgIpc) is 3.17. The minimum Gasteiger partial charge on any atom is -0.392 e. The summed E-state index contributed by atoms with van der Waals surface area (Å²) in [5.74, 6) is 0.900. The molecule has 0 bridgehead atoms. The number of aliphatic hydroxyl groups excluding tert-OH is 1. The summed E-state index contributed by atoms with van der Waals surface area (Å²) in [5, 5.41) is 17.7. The Morgan fingerprint density at radius 1 is 1.05 bits per heavy atom. The third kappa shape index (κ3) is 6.18. The number of nitrogens with zero attached hydrogens (tertiary/aromatic N) is 3. The van der Waals surface area contributed by atoms with Crippen LogP contribution in [0.2, 0.25) is 5.02 Å². The number of aryl methyl sites for hydroxylation is 3. The van der Waals surface area contributed by atoms with Gasteiger partial charge in [-0.3, -0.25) is 4.90 Å². The van der Waals surface area contributed by atoms with Gasteiger partial charge >= 0.3 is 0 Å². The van der Waals surface area contributed by atoms with E-state index in [2.05, 4.69) is 43.7 Å². The average molecular weight is 540 g/mol. The molecule has 0 unspecified atom stereocenters. The monoisotopic (exact) mass is 539 g/mol. The maximum Gasteiger partial charge on any atom is 0.229 e. The lowest BCUT2D eigenvalue weighted by atomic mass is 10.0. The van der Waals surface area contributed by atoms with Gasteiger partial charge in [-0.2, -0.15) is 4.98 Å². The third-order valence-corrected chi connectivity index (χ3v) is 9.20. The second-order valence-corrected chi connectivity index (χ2v) is 14.3. The Labute approximate surface area is 224 Å². The van der Waals surface area contributed by atoms with Gasteiger partial charge in [0.05, 0.1) is 18.0 Å². The number of halogens is 1. The summed E-state index contributed by atoms with van der Waals surface area (Å²) in [7, 11) is -2.51. The third-order valence-electron chi connectivity index (χ3n) is 7.40. The van der Waals surface area contributed by atoms with E-state index < -0.39 is 7.14 Å². The van der Waals surface area contributed by atoms with Crippen LogP contribution in [0.1, 0.15) is 36.0 Å². The van der Waals surface area contributed by atoms with Gasteiger partial charge in [-0.1, -0.05) is 29.3 Å². The van der Waals surface area contributed by atoms with Crippen LogP contribution in [0.25, 0.3) is 0 Å². The fraction of sp³-hybridized carbons (Fsp3) is 0.429. The molecule has 3 aromatic rings. The molecule has 2 aromatic carbocycles. The summed E-state index contributed by atoms with van der Waals surface area (Å²) >= 11 is 6.43. The maximum atomic E-state index is 12.9. The van der Waals surface area contributed by atoms with Crippen LogP contribution in [0.15, 0.2) is 42.6 Å². The van der Waals surface area contributed by atoms with Crippen molar-refractivity contribution >= 4 is 47.2 Å². The van der Waals surface area contributed by atoms with Gasteiger partial charge < -0.3 is 20.3 Å². The number of fused-ring (bicyclic) bond motifs is 1. The standard InChI is InChI=1S/C28H35ClN5O2P/c1-18-4-11-25(26(14-18)37(2,3)36)32-27-24(29)16-30-28(33-27)31-21-8-5-19-6-9-22(10-7-20(19)15-21)34-13-12-23(35)17-34/h4-5,8,11,14-16,22-23,35H,6-7,9-10,12-13,17H2,1-3H3,(H2,30,31,32,33)/t22-,23-/m1/s1. The number of rotatable bonds is 6. The molecule has 2 aliphatic rings. The first kappa shape index (κ1) is 26.2. The second-order valence-electron chi connectivity index (χ2n) is 10.7. The number of hydrogen-bond donors (Lipinski definition) is 3. The molecule has 1 aliphatic carbocycles. The van der Waals surface area contributed by atoms with Gasteiger partial charge in [0.15, 0.2) is 5.82 Å². The van der Waals surface area contributed by atoms with Crippen LogP contribution < -0.4 is 15.9 Å². The summed E-state index contributed by atoms with van der Waals surface area (Å²) < 4.78 is 12.9. The number of anilines is 4. The minimum atomic E-state index is -2.51. The molecule has 1 aromatic heterocycles. The number of β-amino-alcohol motifs (C(OH)–C–C–N with tert-alkyl or cyclic N) is 1. The quantitative estimate of drug-likeness (QED) is 0.282. The van der Waals surface area contributed by atoms with Crippen LogP contribution in [0.5, 0.6) is 0 Å². The van der Waals surface area contributed by atoms with E-state index in [1.807, 2.05) is 25.1 Å². The molecule has 196 valence electrons. The van der Waals surface area contributed by atoms with Gasteiger partial charge in [-0.15, -0.1) is 0 Å². The molecule has 1 fully saturated rings. The Morgan fingerprint density at radius 3 is 2.57 bits per heavy atom. The predicted molar refractivity (Wildman–Crippen MR) is 153 cm³/mol. The summed E-state index contributed by atoms with van der Waals surface area (Å²) in [4.78, 5) is 11.5. The molecule has 37 heavy (non-hydrogen) atoms. The summed E-state index contributed by atoms with van der Waals surface area (Å²) in [6.07, 6.45) is 6.58.